The number of halogens is 3. The number of likely N-dealkylation sites (tertiary alicyclic amines) is 1. The standard InChI is InChI=1S/C8H11F3N2O3/c9-8(10,11)6(14)12-5-1-3-13(4-2-5)7(15)16/h5H,1-4H2,(H,12,14)(H,15,16). The van der Waals surface area contributed by atoms with Gasteiger partial charge < -0.3 is 15.3 Å². The molecule has 0 aromatic heterocycles. The second kappa shape index (κ2) is 4.58. The number of hydrogen-bond donors (Lipinski definition) is 2. The Labute approximate surface area is 89.2 Å². The maximum atomic E-state index is 11.9. The van der Waals surface area contributed by atoms with Crippen LogP contribution in [0, 0.1) is 0 Å². The van der Waals surface area contributed by atoms with Crippen molar-refractivity contribution < 1.29 is 27.9 Å². The van der Waals surface area contributed by atoms with Crippen molar-refractivity contribution in [3.05, 3.63) is 0 Å². The highest BCUT2D eigenvalue weighted by Gasteiger charge is 2.40. The van der Waals surface area contributed by atoms with Crippen LogP contribution in [0.2, 0.25) is 0 Å². The number of rotatable bonds is 1. The van der Waals surface area contributed by atoms with Crippen molar-refractivity contribution in [1.29, 1.82) is 0 Å². The average Bonchev–Trinajstić information content (AvgIpc) is 2.17. The maximum absolute atomic E-state index is 11.9. The molecule has 1 fully saturated rings. The molecule has 92 valence electrons. The zero-order valence-electron chi connectivity index (χ0n) is 8.25. The molecular formula is C8H11F3N2O3. The van der Waals surface area contributed by atoms with Gasteiger partial charge >= 0.3 is 18.2 Å². The summed E-state index contributed by atoms with van der Waals surface area (Å²) in [7, 11) is 0. The Balaban J connectivity index is 2.38. The molecule has 1 saturated heterocycles. The molecule has 1 rings (SSSR count). The van der Waals surface area contributed by atoms with Crippen molar-refractivity contribution in [2.45, 2.75) is 25.1 Å². The molecule has 0 saturated carbocycles. The van der Waals surface area contributed by atoms with E-state index in [-0.39, 0.29) is 25.9 Å². The van der Waals surface area contributed by atoms with Crippen molar-refractivity contribution in [1.82, 2.24) is 10.2 Å². The van der Waals surface area contributed by atoms with Crippen LogP contribution in [0.15, 0.2) is 0 Å². The lowest BCUT2D eigenvalue weighted by molar-refractivity contribution is -0.174. The fourth-order valence-corrected chi connectivity index (χ4v) is 1.48. The predicted octanol–water partition coefficient (Wildman–Crippen LogP) is 0.807. The van der Waals surface area contributed by atoms with E-state index in [1.807, 2.05) is 5.32 Å². The van der Waals surface area contributed by atoms with E-state index in [1.165, 1.54) is 0 Å². The first-order valence-electron chi connectivity index (χ1n) is 4.66. The minimum atomic E-state index is -4.88. The van der Waals surface area contributed by atoms with Crippen LogP contribution in [0.3, 0.4) is 0 Å². The molecule has 5 nitrogen and oxygen atoms in total. The number of piperidine rings is 1. The summed E-state index contributed by atoms with van der Waals surface area (Å²) in [5, 5.41) is 10.4. The molecule has 2 amide bonds. The smallest absolute Gasteiger partial charge is 0.465 e. The van der Waals surface area contributed by atoms with Crippen molar-refractivity contribution in [2.24, 2.45) is 0 Å². The van der Waals surface area contributed by atoms with Crippen molar-refractivity contribution in [2.75, 3.05) is 13.1 Å². The minimum Gasteiger partial charge on any atom is -0.465 e. The van der Waals surface area contributed by atoms with Crippen molar-refractivity contribution in [3.8, 4) is 0 Å². The van der Waals surface area contributed by atoms with Gasteiger partial charge in [-0.3, -0.25) is 4.79 Å². The molecule has 0 atom stereocenters. The van der Waals surface area contributed by atoms with Gasteiger partial charge in [0.25, 0.3) is 0 Å². The predicted molar refractivity (Wildman–Crippen MR) is 46.8 cm³/mol. The number of amides is 2. The molecule has 16 heavy (non-hydrogen) atoms. The summed E-state index contributed by atoms with van der Waals surface area (Å²) in [6.45, 7) is 0.274. The fourth-order valence-electron chi connectivity index (χ4n) is 1.48. The largest absolute Gasteiger partial charge is 0.471 e. The highest BCUT2D eigenvalue weighted by Crippen LogP contribution is 2.17. The normalized spacial score (nSPS) is 18.3. The third kappa shape index (κ3) is 3.28. The Morgan fingerprint density at radius 3 is 2.12 bits per heavy atom. The molecule has 8 heteroatoms. The maximum Gasteiger partial charge on any atom is 0.471 e. The number of hydrogen-bond acceptors (Lipinski definition) is 2. The summed E-state index contributed by atoms with van der Waals surface area (Å²) in [6, 6.07) is -0.607. The van der Waals surface area contributed by atoms with Gasteiger partial charge in [-0.25, -0.2) is 4.79 Å². The van der Waals surface area contributed by atoms with Crippen molar-refractivity contribution in [3.63, 3.8) is 0 Å². The zero-order valence-corrected chi connectivity index (χ0v) is 8.25. The van der Waals surface area contributed by atoms with E-state index in [0.29, 0.717) is 0 Å². The van der Waals surface area contributed by atoms with E-state index >= 15 is 0 Å². The monoisotopic (exact) mass is 240 g/mol. The Morgan fingerprint density at radius 2 is 1.75 bits per heavy atom. The van der Waals surface area contributed by atoms with Gasteiger partial charge in [0, 0.05) is 19.1 Å². The SMILES string of the molecule is O=C(O)N1CCC(NC(=O)C(F)(F)F)CC1. The zero-order chi connectivity index (χ0) is 12.3. The van der Waals surface area contributed by atoms with Gasteiger partial charge in [0.2, 0.25) is 0 Å². The summed E-state index contributed by atoms with van der Waals surface area (Å²) in [5.41, 5.74) is 0. The summed E-state index contributed by atoms with van der Waals surface area (Å²) < 4.78 is 35.7. The molecule has 1 aliphatic rings. The summed E-state index contributed by atoms with van der Waals surface area (Å²) in [5.74, 6) is -1.97. The molecule has 0 spiro atoms. The molecule has 1 heterocycles. The number of nitrogens with one attached hydrogen (secondary N) is 1. The lowest BCUT2D eigenvalue weighted by Crippen LogP contribution is -2.49. The summed E-state index contributed by atoms with van der Waals surface area (Å²) >= 11 is 0. The number of alkyl halides is 3. The third-order valence-corrected chi connectivity index (χ3v) is 2.36. The Hall–Kier alpha value is -1.47. The van der Waals surface area contributed by atoms with Gasteiger partial charge in [-0.05, 0) is 12.8 Å². The van der Waals surface area contributed by atoms with Crippen LogP contribution < -0.4 is 5.32 Å². The molecule has 0 bridgehead atoms. The number of nitrogens with zero attached hydrogens (tertiary/aromatic N) is 1. The molecule has 0 aromatic carbocycles. The summed E-state index contributed by atoms with van der Waals surface area (Å²) in [4.78, 5) is 22.2. The molecular weight excluding hydrogens is 229 g/mol. The van der Waals surface area contributed by atoms with Gasteiger partial charge in [-0.15, -0.1) is 0 Å². The number of carbonyl (C=O) groups excluding carboxylic acids is 1. The molecule has 0 aliphatic carbocycles. The van der Waals surface area contributed by atoms with Gasteiger partial charge in [-0.2, -0.15) is 13.2 Å². The van der Waals surface area contributed by atoms with E-state index in [4.69, 9.17) is 5.11 Å². The lowest BCUT2D eigenvalue weighted by Gasteiger charge is -2.30. The first-order chi connectivity index (χ1) is 7.30. The third-order valence-electron chi connectivity index (χ3n) is 2.36. The molecule has 0 radical (unpaired) electrons. The Morgan fingerprint density at radius 1 is 1.25 bits per heavy atom. The van der Waals surface area contributed by atoms with Gasteiger partial charge in [-0.1, -0.05) is 0 Å². The Kier molecular flexibility index (Phi) is 3.61. The van der Waals surface area contributed by atoms with E-state index in [1.54, 1.807) is 0 Å². The van der Waals surface area contributed by atoms with Crippen LogP contribution in [-0.2, 0) is 4.79 Å². The second-order valence-electron chi connectivity index (χ2n) is 3.52. The van der Waals surface area contributed by atoms with E-state index in [9.17, 15) is 22.8 Å². The van der Waals surface area contributed by atoms with Crippen LogP contribution >= 0.6 is 0 Å². The topological polar surface area (TPSA) is 69.6 Å². The lowest BCUT2D eigenvalue weighted by atomic mass is 10.1. The van der Waals surface area contributed by atoms with Crippen LogP contribution in [0.5, 0.6) is 0 Å². The minimum absolute atomic E-state index is 0.137. The number of carbonyl (C=O) groups is 2. The Bertz CT molecular complexity index is 285. The van der Waals surface area contributed by atoms with Crippen LogP contribution in [0.4, 0.5) is 18.0 Å². The molecule has 0 aromatic rings. The first-order valence-corrected chi connectivity index (χ1v) is 4.66. The summed E-state index contributed by atoms with van der Waals surface area (Å²) in [6.07, 6.45) is -5.58. The quantitative estimate of drug-likeness (QED) is 0.712. The fraction of sp³-hybridized carbons (Fsp3) is 0.750. The highest BCUT2D eigenvalue weighted by atomic mass is 19.4. The van der Waals surface area contributed by atoms with E-state index in [2.05, 4.69) is 0 Å². The second-order valence-corrected chi connectivity index (χ2v) is 3.52. The number of carboxylic acid groups (broad SMARTS) is 1. The molecule has 1 aliphatic heterocycles. The highest BCUT2D eigenvalue weighted by molar-refractivity contribution is 5.81. The van der Waals surface area contributed by atoms with E-state index < -0.39 is 24.2 Å². The molecule has 0 unspecified atom stereocenters. The van der Waals surface area contributed by atoms with Gasteiger partial charge in [0.05, 0.1) is 0 Å². The van der Waals surface area contributed by atoms with Gasteiger partial charge in [0.15, 0.2) is 0 Å². The van der Waals surface area contributed by atoms with Crippen LogP contribution in [0.1, 0.15) is 12.8 Å². The van der Waals surface area contributed by atoms with Crippen molar-refractivity contribution >= 4 is 12.0 Å². The van der Waals surface area contributed by atoms with Crippen LogP contribution in [0.25, 0.3) is 0 Å². The van der Waals surface area contributed by atoms with Crippen LogP contribution in [-0.4, -0.2) is 47.3 Å². The average molecular weight is 240 g/mol. The van der Waals surface area contributed by atoms with Gasteiger partial charge in [0.1, 0.15) is 0 Å². The first kappa shape index (κ1) is 12.6. The molecule has 2 N–H and O–H groups in total. The van der Waals surface area contributed by atoms with E-state index in [0.717, 1.165) is 4.90 Å².